The third kappa shape index (κ3) is 21.1. The van der Waals surface area contributed by atoms with Crippen LogP contribution in [0.15, 0.2) is 0 Å². The normalized spacial score (nSPS) is 10.3. The van der Waals surface area contributed by atoms with Crippen LogP contribution in [0.25, 0.3) is 0 Å². The molecule has 0 rings (SSSR count). The van der Waals surface area contributed by atoms with Gasteiger partial charge in [-0.1, -0.05) is 13.8 Å². The lowest BCUT2D eigenvalue weighted by atomic mass is 10.5. The second-order valence-corrected chi connectivity index (χ2v) is 3.55. The molecule has 2 N–H and O–H groups in total. The van der Waals surface area contributed by atoms with Gasteiger partial charge in [-0.2, -0.15) is 0 Å². The van der Waals surface area contributed by atoms with Crippen LogP contribution in [-0.2, 0) is 18.9 Å². The van der Waals surface area contributed by atoms with Gasteiger partial charge in [-0.3, -0.25) is 0 Å². The fourth-order valence-corrected chi connectivity index (χ4v) is 0.968. The molecule has 0 aliphatic carbocycles. The predicted molar refractivity (Wildman–Crippen MR) is 76.1 cm³/mol. The van der Waals surface area contributed by atoms with Gasteiger partial charge in [0.05, 0.1) is 52.4 Å². The lowest BCUT2D eigenvalue weighted by Crippen LogP contribution is -2.15. The van der Waals surface area contributed by atoms with Crippen molar-refractivity contribution in [2.24, 2.45) is 5.73 Å². The average Bonchev–Trinajstić information content (AvgIpc) is 2.38. The Bertz CT molecular complexity index is 140. The molecule has 5 heteroatoms. The summed E-state index contributed by atoms with van der Waals surface area (Å²) in [4.78, 5) is 0. The van der Waals surface area contributed by atoms with Gasteiger partial charge in [-0.25, -0.2) is 0 Å². The van der Waals surface area contributed by atoms with Gasteiger partial charge in [0.25, 0.3) is 0 Å². The Labute approximate surface area is 113 Å². The minimum Gasteiger partial charge on any atom is -0.378 e. The van der Waals surface area contributed by atoms with Crippen LogP contribution < -0.4 is 5.73 Å². The summed E-state index contributed by atoms with van der Waals surface area (Å²) in [5, 5.41) is 0. The van der Waals surface area contributed by atoms with Gasteiger partial charge >= 0.3 is 0 Å². The molecule has 0 heterocycles. The van der Waals surface area contributed by atoms with Gasteiger partial charge in [-0.05, 0) is 13.8 Å². The van der Waals surface area contributed by atoms with Gasteiger partial charge in [0, 0.05) is 7.97 Å². The molecule has 114 valence electrons. The van der Waals surface area contributed by atoms with E-state index in [1.54, 1.807) is 0 Å². The van der Waals surface area contributed by atoms with Crippen molar-refractivity contribution in [2.45, 2.75) is 33.8 Å². The zero-order valence-electron chi connectivity index (χ0n) is 12.4. The highest BCUT2D eigenvalue weighted by Gasteiger charge is 1.93. The molecule has 0 spiro atoms. The molecule has 0 unspecified atom stereocenters. The summed E-state index contributed by atoms with van der Waals surface area (Å²) < 4.78 is 21.0. The van der Waals surface area contributed by atoms with Crippen molar-refractivity contribution >= 4 is 0 Å². The maximum Gasteiger partial charge on any atom is 0.0703 e. The van der Waals surface area contributed by atoms with Crippen LogP contribution in [0.5, 0.6) is 0 Å². The largest absolute Gasteiger partial charge is 0.378 e. The highest BCUT2D eigenvalue weighted by Crippen LogP contribution is 1.87. The van der Waals surface area contributed by atoms with Crippen LogP contribution in [0.2, 0.25) is 0 Å². The van der Waals surface area contributed by atoms with E-state index >= 15 is 0 Å². The van der Waals surface area contributed by atoms with E-state index < -0.39 is 0 Å². The maximum absolute atomic E-state index is 5.32. The molecule has 0 atom stereocenters. The van der Waals surface area contributed by atoms with Crippen molar-refractivity contribution in [3.05, 3.63) is 0 Å². The number of nitrogens with two attached hydrogens (primary N) is 1. The van der Waals surface area contributed by atoms with Crippen LogP contribution in [0.4, 0.5) is 0 Å². The van der Waals surface area contributed by atoms with E-state index in [0.29, 0.717) is 52.8 Å². The molecule has 0 bridgehead atoms. The Hall–Kier alpha value is -0.200. The molecule has 0 aromatic carbocycles. The summed E-state index contributed by atoms with van der Waals surface area (Å²) >= 11 is 0. The van der Waals surface area contributed by atoms with E-state index in [-0.39, 0.29) is 7.53 Å². The van der Waals surface area contributed by atoms with Gasteiger partial charge < -0.3 is 24.7 Å². The Balaban J connectivity index is -0.000000809. The average molecular weight is 267 g/mol. The van der Waals surface area contributed by atoms with Crippen LogP contribution in [0.3, 0.4) is 0 Å². The third-order valence-electron chi connectivity index (χ3n) is 1.69. The molecule has 18 heavy (non-hydrogen) atoms. The van der Waals surface area contributed by atoms with Crippen molar-refractivity contribution in [3.63, 3.8) is 0 Å². The Morgan fingerprint density at radius 3 is 1.56 bits per heavy atom. The minimum atomic E-state index is 0. The number of rotatable bonds is 12. The summed E-state index contributed by atoms with van der Waals surface area (Å²) in [6.07, 6.45) is 0.263. The van der Waals surface area contributed by atoms with Crippen LogP contribution in [0, 0.1) is 0 Å². The lowest BCUT2D eigenvalue weighted by Gasteiger charge is -2.08. The molecule has 0 aliphatic rings. The van der Waals surface area contributed by atoms with Gasteiger partial charge in [0.2, 0.25) is 0 Å². The molecule has 0 amide bonds. The van der Waals surface area contributed by atoms with Crippen LogP contribution >= 0.6 is 0 Å². The van der Waals surface area contributed by atoms with E-state index in [0.717, 1.165) is 0 Å². The summed E-state index contributed by atoms with van der Waals surface area (Å²) in [5.74, 6) is 0. The SMILES string of the molecule is CC.CC(C)OCCOCCOCCOCCN.[HH]. The fourth-order valence-electron chi connectivity index (χ4n) is 0.968. The van der Waals surface area contributed by atoms with E-state index in [1.807, 2.05) is 27.7 Å². The molecule has 0 fully saturated rings. The Morgan fingerprint density at radius 2 is 1.17 bits per heavy atom. The second kappa shape index (κ2) is 19.1. The first-order chi connectivity index (χ1) is 8.77. The molecule has 0 saturated carbocycles. The monoisotopic (exact) mass is 267 g/mol. The fraction of sp³-hybridized carbons (Fsp3) is 1.00. The topological polar surface area (TPSA) is 62.9 Å². The molecule has 5 nitrogen and oxygen atoms in total. The number of ether oxygens (including phenoxy) is 4. The Morgan fingerprint density at radius 1 is 0.778 bits per heavy atom. The summed E-state index contributed by atoms with van der Waals surface area (Å²) in [6.45, 7) is 12.8. The quantitative estimate of drug-likeness (QED) is 0.545. The van der Waals surface area contributed by atoms with Crippen molar-refractivity contribution in [1.82, 2.24) is 0 Å². The molecule has 0 aliphatic heterocycles. The van der Waals surface area contributed by atoms with Gasteiger partial charge in [-0.15, -0.1) is 0 Å². The molecular weight excluding hydrogens is 234 g/mol. The number of hydrogen-bond acceptors (Lipinski definition) is 5. The van der Waals surface area contributed by atoms with Gasteiger partial charge in [0.1, 0.15) is 0 Å². The highest BCUT2D eigenvalue weighted by atomic mass is 16.6. The van der Waals surface area contributed by atoms with E-state index in [9.17, 15) is 0 Å². The molecule has 0 aromatic rings. The lowest BCUT2D eigenvalue weighted by molar-refractivity contribution is -0.0112. The minimum absolute atomic E-state index is 0. The van der Waals surface area contributed by atoms with Crippen molar-refractivity contribution in [3.8, 4) is 0 Å². The van der Waals surface area contributed by atoms with E-state index in [4.69, 9.17) is 24.7 Å². The summed E-state index contributed by atoms with van der Waals surface area (Å²) in [7, 11) is 0. The first kappa shape index (κ1) is 20.1. The summed E-state index contributed by atoms with van der Waals surface area (Å²) in [5.41, 5.74) is 5.26. The Kier molecular flexibility index (Phi) is 21.4. The smallest absolute Gasteiger partial charge is 0.0703 e. The molecule has 0 radical (unpaired) electrons. The second-order valence-electron chi connectivity index (χ2n) is 3.55. The van der Waals surface area contributed by atoms with Crippen LogP contribution in [0.1, 0.15) is 29.1 Å². The first-order valence-electron chi connectivity index (χ1n) is 6.82. The third-order valence-corrected chi connectivity index (χ3v) is 1.69. The maximum atomic E-state index is 5.32. The van der Waals surface area contributed by atoms with Crippen molar-refractivity contribution in [1.29, 1.82) is 0 Å². The molecule has 0 saturated heterocycles. The van der Waals surface area contributed by atoms with Gasteiger partial charge in [0.15, 0.2) is 0 Å². The van der Waals surface area contributed by atoms with Crippen LogP contribution in [-0.4, -0.2) is 58.9 Å². The molecular formula is C13H33NO4. The van der Waals surface area contributed by atoms with Crippen molar-refractivity contribution in [2.75, 3.05) is 52.8 Å². The summed E-state index contributed by atoms with van der Waals surface area (Å²) in [6, 6.07) is 0. The first-order valence-corrected chi connectivity index (χ1v) is 6.82. The van der Waals surface area contributed by atoms with E-state index in [2.05, 4.69) is 0 Å². The predicted octanol–water partition coefficient (Wildman–Crippen LogP) is 1.69. The van der Waals surface area contributed by atoms with E-state index in [1.165, 1.54) is 0 Å². The standard InChI is InChI=1S/C11H25NO4.C2H6.H2/c1-11(2)16-10-9-15-8-7-14-6-5-13-4-3-12;1-2;/h11H,3-10,12H2,1-2H3;1-2H3;1H. The highest BCUT2D eigenvalue weighted by molar-refractivity contribution is 4.38. The number of hydrogen-bond donors (Lipinski definition) is 1. The zero-order chi connectivity index (χ0) is 14.1. The van der Waals surface area contributed by atoms with Crippen molar-refractivity contribution < 1.29 is 20.4 Å². The molecule has 0 aromatic heterocycles. The zero-order valence-corrected chi connectivity index (χ0v) is 12.4.